The summed E-state index contributed by atoms with van der Waals surface area (Å²) in [5.41, 5.74) is 1.51. The zero-order chi connectivity index (χ0) is 21.3. The SMILES string of the molecule is O=C(COC(=O)CCc1nc(-c2ccc(Cl)cc2)no1)NC(=O)Cc1ccccc1. The van der Waals surface area contributed by atoms with Crippen LogP contribution in [0.1, 0.15) is 17.9 Å². The molecule has 1 heterocycles. The first-order valence-electron chi connectivity index (χ1n) is 9.10. The van der Waals surface area contributed by atoms with Crippen LogP contribution in [-0.2, 0) is 32.0 Å². The zero-order valence-electron chi connectivity index (χ0n) is 15.8. The predicted molar refractivity (Wildman–Crippen MR) is 107 cm³/mol. The normalized spacial score (nSPS) is 10.4. The van der Waals surface area contributed by atoms with Gasteiger partial charge in [0, 0.05) is 17.0 Å². The Kier molecular flexibility index (Phi) is 7.29. The summed E-state index contributed by atoms with van der Waals surface area (Å²) in [6.45, 7) is -0.542. The third kappa shape index (κ3) is 6.52. The van der Waals surface area contributed by atoms with Crippen molar-refractivity contribution in [2.75, 3.05) is 6.61 Å². The van der Waals surface area contributed by atoms with Crippen molar-refractivity contribution in [1.29, 1.82) is 0 Å². The monoisotopic (exact) mass is 427 g/mol. The second-order valence-electron chi connectivity index (χ2n) is 6.31. The Morgan fingerprint density at radius 1 is 1.00 bits per heavy atom. The summed E-state index contributed by atoms with van der Waals surface area (Å²) in [6, 6.07) is 15.9. The van der Waals surface area contributed by atoms with E-state index in [9.17, 15) is 14.4 Å². The molecule has 0 fully saturated rings. The van der Waals surface area contributed by atoms with Crippen LogP contribution in [0.4, 0.5) is 0 Å². The van der Waals surface area contributed by atoms with E-state index in [1.54, 1.807) is 48.5 Å². The second-order valence-corrected chi connectivity index (χ2v) is 6.75. The van der Waals surface area contributed by atoms with Gasteiger partial charge in [0.05, 0.1) is 12.8 Å². The van der Waals surface area contributed by atoms with E-state index in [0.717, 1.165) is 11.1 Å². The van der Waals surface area contributed by atoms with Gasteiger partial charge in [-0.1, -0.05) is 47.1 Å². The summed E-state index contributed by atoms with van der Waals surface area (Å²) in [5, 5.41) is 6.62. The zero-order valence-corrected chi connectivity index (χ0v) is 16.6. The van der Waals surface area contributed by atoms with Crippen LogP contribution in [-0.4, -0.2) is 34.5 Å². The molecule has 0 aliphatic heterocycles. The lowest BCUT2D eigenvalue weighted by atomic mass is 10.1. The van der Waals surface area contributed by atoms with E-state index < -0.39 is 24.4 Å². The van der Waals surface area contributed by atoms with Gasteiger partial charge < -0.3 is 9.26 Å². The summed E-state index contributed by atoms with van der Waals surface area (Å²) < 4.78 is 9.98. The molecule has 0 aliphatic carbocycles. The number of halogens is 1. The number of nitrogens with one attached hydrogen (secondary N) is 1. The van der Waals surface area contributed by atoms with E-state index >= 15 is 0 Å². The van der Waals surface area contributed by atoms with Crippen LogP contribution >= 0.6 is 11.6 Å². The quantitative estimate of drug-likeness (QED) is 0.550. The lowest BCUT2D eigenvalue weighted by Gasteiger charge is -2.05. The van der Waals surface area contributed by atoms with Crippen LogP contribution < -0.4 is 5.32 Å². The highest BCUT2D eigenvalue weighted by atomic mass is 35.5. The van der Waals surface area contributed by atoms with Gasteiger partial charge in [-0.15, -0.1) is 0 Å². The molecule has 1 N–H and O–H groups in total. The van der Waals surface area contributed by atoms with E-state index in [-0.39, 0.29) is 25.2 Å². The largest absolute Gasteiger partial charge is 0.456 e. The average Bonchev–Trinajstić information content (AvgIpc) is 3.21. The van der Waals surface area contributed by atoms with Gasteiger partial charge in [-0.2, -0.15) is 4.98 Å². The Labute approximate surface area is 177 Å². The summed E-state index contributed by atoms with van der Waals surface area (Å²) in [4.78, 5) is 39.6. The van der Waals surface area contributed by atoms with Crippen molar-refractivity contribution in [2.24, 2.45) is 0 Å². The molecule has 0 aliphatic rings. The van der Waals surface area contributed by atoms with Crippen LogP contribution in [0, 0.1) is 0 Å². The number of benzene rings is 2. The van der Waals surface area contributed by atoms with Gasteiger partial charge in [-0.3, -0.25) is 19.7 Å². The number of nitrogens with zero attached hydrogens (tertiary/aromatic N) is 2. The molecule has 9 heteroatoms. The third-order valence-electron chi connectivity index (χ3n) is 3.96. The van der Waals surface area contributed by atoms with E-state index in [1.807, 2.05) is 6.07 Å². The van der Waals surface area contributed by atoms with Crippen molar-refractivity contribution in [3.63, 3.8) is 0 Å². The maximum atomic E-state index is 11.8. The first kappa shape index (κ1) is 21.2. The van der Waals surface area contributed by atoms with Gasteiger partial charge in [0.2, 0.25) is 17.6 Å². The molecule has 2 aromatic carbocycles. The minimum Gasteiger partial charge on any atom is -0.456 e. The standard InChI is InChI=1S/C21H18ClN3O5/c22-16-8-6-15(7-9-16)21-24-19(30-25-21)10-11-20(28)29-13-18(27)23-17(26)12-14-4-2-1-3-5-14/h1-9H,10-13H2,(H,23,26,27). The number of aromatic nitrogens is 2. The van der Waals surface area contributed by atoms with Crippen molar-refractivity contribution in [1.82, 2.24) is 15.5 Å². The van der Waals surface area contributed by atoms with Gasteiger partial charge in [0.25, 0.3) is 5.91 Å². The third-order valence-corrected chi connectivity index (χ3v) is 4.22. The van der Waals surface area contributed by atoms with Crippen LogP contribution in [0.15, 0.2) is 59.1 Å². The lowest BCUT2D eigenvalue weighted by Crippen LogP contribution is -2.35. The molecule has 0 radical (unpaired) electrons. The van der Waals surface area contributed by atoms with E-state index in [4.69, 9.17) is 20.9 Å². The number of carbonyl (C=O) groups excluding carboxylic acids is 3. The number of hydrogen-bond acceptors (Lipinski definition) is 7. The average molecular weight is 428 g/mol. The molecule has 3 aromatic rings. The fourth-order valence-corrected chi connectivity index (χ4v) is 2.64. The maximum Gasteiger partial charge on any atom is 0.306 e. The highest BCUT2D eigenvalue weighted by Crippen LogP contribution is 2.19. The van der Waals surface area contributed by atoms with Crippen LogP contribution in [0.3, 0.4) is 0 Å². The number of amides is 2. The number of carbonyl (C=O) groups is 3. The van der Waals surface area contributed by atoms with E-state index in [1.165, 1.54) is 0 Å². The molecule has 3 rings (SSSR count). The number of esters is 1. The molecule has 0 bridgehead atoms. The number of hydrogen-bond donors (Lipinski definition) is 1. The van der Waals surface area contributed by atoms with E-state index in [0.29, 0.717) is 10.8 Å². The van der Waals surface area contributed by atoms with Crippen molar-refractivity contribution >= 4 is 29.4 Å². The molecule has 0 saturated heterocycles. The summed E-state index contributed by atoms with van der Waals surface area (Å²) >= 11 is 5.84. The number of rotatable bonds is 8. The Balaban J connectivity index is 1.38. The Morgan fingerprint density at radius 2 is 1.73 bits per heavy atom. The first-order valence-corrected chi connectivity index (χ1v) is 9.48. The lowest BCUT2D eigenvalue weighted by molar-refractivity contribution is -0.149. The Bertz CT molecular complexity index is 1020. The topological polar surface area (TPSA) is 111 Å². The highest BCUT2D eigenvalue weighted by molar-refractivity contribution is 6.30. The van der Waals surface area contributed by atoms with E-state index in [2.05, 4.69) is 15.5 Å². The number of imide groups is 1. The molecule has 0 atom stereocenters. The fraction of sp³-hybridized carbons (Fsp3) is 0.190. The molecule has 0 unspecified atom stereocenters. The maximum absolute atomic E-state index is 11.8. The van der Waals surface area contributed by atoms with Gasteiger partial charge in [-0.25, -0.2) is 0 Å². The van der Waals surface area contributed by atoms with Gasteiger partial charge in [0.1, 0.15) is 0 Å². The van der Waals surface area contributed by atoms with Gasteiger partial charge in [0.15, 0.2) is 6.61 Å². The molecule has 0 spiro atoms. The summed E-state index contributed by atoms with van der Waals surface area (Å²) in [6.07, 6.45) is 0.176. The van der Waals surface area contributed by atoms with Crippen molar-refractivity contribution in [2.45, 2.75) is 19.3 Å². The van der Waals surface area contributed by atoms with Crippen LogP contribution in [0.5, 0.6) is 0 Å². The van der Waals surface area contributed by atoms with Crippen molar-refractivity contribution in [3.8, 4) is 11.4 Å². The van der Waals surface area contributed by atoms with Crippen molar-refractivity contribution < 1.29 is 23.6 Å². The summed E-state index contributed by atoms with van der Waals surface area (Å²) in [7, 11) is 0. The minimum atomic E-state index is -0.688. The second kappa shape index (κ2) is 10.3. The minimum absolute atomic E-state index is 0.0481. The van der Waals surface area contributed by atoms with Gasteiger partial charge in [-0.05, 0) is 29.8 Å². The number of ether oxygens (including phenoxy) is 1. The molecule has 8 nitrogen and oxygen atoms in total. The predicted octanol–water partition coefficient (Wildman–Crippen LogP) is 2.75. The Morgan fingerprint density at radius 3 is 2.47 bits per heavy atom. The highest BCUT2D eigenvalue weighted by Gasteiger charge is 2.14. The van der Waals surface area contributed by atoms with Gasteiger partial charge >= 0.3 is 5.97 Å². The molecular formula is C21H18ClN3O5. The Hall–Kier alpha value is -3.52. The first-order chi connectivity index (χ1) is 14.5. The van der Waals surface area contributed by atoms with Crippen molar-refractivity contribution in [3.05, 3.63) is 71.1 Å². The molecule has 30 heavy (non-hydrogen) atoms. The fourth-order valence-electron chi connectivity index (χ4n) is 2.52. The molecular weight excluding hydrogens is 410 g/mol. The molecule has 1 aromatic heterocycles. The molecule has 2 amide bonds. The molecule has 0 saturated carbocycles. The smallest absolute Gasteiger partial charge is 0.306 e. The number of aryl methyl sites for hydroxylation is 1. The summed E-state index contributed by atoms with van der Waals surface area (Å²) in [5.74, 6) is -1.13. The van der Waals surface area contributed by atoms with Crippen LogP contribution in [0.2, 0.25) is 5.02 Å². The van der Waals surface area contributed by atoms with Crippen LogP contribution in [0.25, 0.3) is 11.4 Å². The molecule has 154 valence electrons.